The molecule has 1 amide bonds. The van der Waals surface area contributed by atoms with Crippen LogP contribution in [0.25, 0.3) is 0 Å². The molecule has 30 heavy (non-hydrogen) atoms. The van der Waals surface area contributed by atoms with E-state index in [4.69, 9.17) is 8.94 Å². The van der Waals surface area contributed by atoms with Crippen LogP contribution in [0, 0.1) is 32.6 Å². The second-order valence-corrected chi connectivity index (χ2v) is 8.56. The Morgan fingerprint density at radius 1 is 1.17 bits per heavy atom. The number of carbonyl (C=O) groups is 1. The average Bonchev–Trinajstić information content (AvgIpc) is 3.47. The fourth-order valence-electron chi connectivity index (χ4n) is 5.12. The van der Waals surface area contributed by atoms with Crippen molar-refractivity contribution in [2.24, 2.45) is 11.8 Å². The van der Waals surface area contributed by atoms with Gasteiger partial charge in [0.1, 0.15) is 12.0 Å². The van der Waals surface area contributed by atoms with Gasteiger partial charge >= 0.3 is 0 Å². The molecule has 0 bridgehead atoms. The molecule has 156 valence electrons. The minimum atomic E-state index is -0.0480. The molecule has 0 aliphatic carbocycles. The van der Waals surface area contributed by atoms with E-state index in [-0.39, 0.29) is 11.9 Å². The zero-order valence-electron chi connectivity index (χ0n) is 17.5. The van der Waals surface area contributed by atoms with E-state index in [0.717, 1.165) is 37.6 Å². The number of likely N-dealkylation sites (tertiary alicyclic amines) is 2. The molecule has 2 saturated heterocycles. The van der Waals surface area contributed by atoms with E-state index in [1.165, 1.54) is 17.4 Å². The summed E-state index contributed by atoms with van der Waals surface area (Å²) in [5.41, 5.74) is 3.78. The largest absolute Gasteiger partial charge is 0.448 e. The van der Waals surface area contributed by atoms with Crippen LogP contribution in [-0.4, -0.2) is 45.5 Å². The third-order valence-corrected chi connectivity index (χ3v) is 6.41. The van der Waals surface area contributed by atoms with Crippen molar-refractivity contribution in [2.75, 3.05) is 19.6 Å². The number of nitrogens with zero attached hydrogens (tertiary/aromatic N) is 4. The Bertz CT molecular complexity index is 1070. The topological polar surface area (TPSA) is 75.6 Å². The van der Waals surface area contributed by atoms with Gasteiger partial charge in [-0.2, -0.15) is 0 Å². The van der Waals surface area contributed by atoms with Crippen LogP contribution in [0.3, 0.4) is 0 Å². The number of benzene rings is 1. The highest BCUT2D eigenvalue weighted by Gasteiger charge is 2.49. The van der Waals surface area contributed by atoms with Crippen molar-refractivity contribution in [1.82, 2.24) is 19.9 Å². The molecule has 5 rings (SSSR count). The Labute approximate surface area is 175 Å². The quantitative estimate of drug-likeness (QED) is 0.660. The van der Waals surface area contributed by atoms with Gasteiger partial charge in [-0.05, 0) is 30.9 Å². The number of aromatic nitrogens is 2. The lowest BCUT2D eigenvalue weighted by atomic mass is 9.87. The average molecular weight is 406 g/mol. The first-order valence-corrected chi connectivity index (χ1v) is 10.4. The second-order valence-electron chi connectivity index (χ2n) is 8.56. The van der Waals surface area contributed by atoms with Crippen LogP contribution in [-0.2, 0) is 6.54 Å². The first-order chi connectivity index (χ1) is 14.5. The highest BCUT2D eigenvalue weighted by atomic mass is 16.5. The van der Waals surface area contributed by atoms with E-state index < -0.39 is 0 Å². The second kappa shape index (κ2) is 7.40. The third-order valence-electron chi connectivity index (χ3n) is 6.41. The maximum Gasteiger partial charge on any atom is 0.276 e. The van der Waals surface area contributed by atoms with Crippen molar-refractivity contribution in [3.63, 3.8) is 0 Å². The lowest BCUT2D eigenvalue weighted by Gasteiger charge is -2.30. The molecule has 0 radical (unpaired) electrons. The summed E-state index contributed by atoms with van der Waals surface area (Å²) in [4.78, 5) is 22.1. The Balaban J connectivity index is 1.43. The SMILES string of the molecule is Cc1cc(CN2C[C@H]3CN(C(=O)c4coc(C)n4)[C@H](c4ccccc4C)[C@H]3C2)no1. The summed E-state index contributed by atoms with van der Waals surface area (Å²) in [6.07, 6.45) is 1.47. The third kappa shape index (κ3) is 3.33. The number of rotatable bonds is 4. The molecule has 2 aromatic heterocycles. The van der Waals surface area contributed by atoms with Gasteiger partial charge in [0.25, 0.3) is 5.91 Å². The minimum absolute atomic E-state index is 0.0322. The van der Waals surface area contributed by atoms with Crippen LogP contribution in [0.2, 0.25) is 0 Å². The molecule has 0 unspecified atom stereocenters. The van der Waals surface area contributed by atoms with Crippen LogP contribution in [0.15, 0.2) is 45.5 Å². The van der Waals surface area contributed by atoms with Gasteiger partial charge in [0.05, 0.1) is 11.7 Å². The van der Waals surface area contributed by atoms with Gasteiger partial charge in [0, 0.05) is 45.1 Å². The number of hydrogen-bond donors (Lipinski definition) is 0. The zero-order chi connectivity index (χ0) is 20.8. The van der Waals surface area contributed by atoms with Crippen LogP contribution in [0.1, 0.15) is 45.0 Å². The summed E-state index contributed by atoms with van der Waals surface area (Å²) in [5.74, 6) is 2.09. The number of hydrogen-bond acceptors (Lipinski definition) is 6. The Morgan fingerprint density at radius 3 is 2.70 bits per heavy atom. The van der Waals surface area contributed by atoms with Gasteiger partial charge in [0.2, 0.25) is 0 Å². The summed E-state index contributed by atoms with van der Waals surface area (Å²) in [5, 5.41) is 4.15. The molecule has 3 aromatic rings. The zero-order valence-corrected chi connectivity index (χ0v) is 17.5. The van der Waals surface area contributed by atoms with Crippen molar-refractivity contribution < 1.29 is 13.7 Å². The Morgan fingerprint density at radius 2 is 2.00 bits per heavy atom. The maximum absolute atomic E-state index is 13.3. The van der Waals surface area contributed by atoms with Crippen molar-refractivity contribution in [2.45, 2.75) is 33.4 Å². The normalized spacial score (nSPS) is 23.8. The molecule has 2 fully saturated rings. The first kappa shape index (κ1) is 19.1. The lowest BCUT2D eigenvalue weighted by Crippen LogP contribution is -2.36. The molecule has 0 N–H and O–H groups in total. The van der Waals surface area contributed by atoms with Crippen LogP contribution < -0.4 is 0 Å². The highest BCUT2D eigenvalue weighted by molar-refractivity contribution is 5.92. The van der Waals surface area contributed by atoms with Crippen LogP contribution >= 0.6 is 0 Å². The Hall–Kier alpha value is -2.93. The van der Waals surface area contributed by atoms with E-state index in [1.807, 2.05) is 24.0 Å². The van der Waals surface area contributed by atoms with E-state index >= 15 is 0 Å². The summed E-state index contributed by atoms with van der Waals surface area (Å²) >= 11 is 0. The van der Waals surface area contributed by atoms with Crippen molar-refractivity contribution in [3.8, 4) is 0 Å². The molecular formula is C23H26N4O3. The molecule has 2 aliphatic rings. The number of amides is 1. The molecule has 7 heteroatoms. The summed E-state index contributed by atoms with van der Waals surface area (Å²) in [6, 6.07) is 10.4. The number of oxazole rings is 1. The van der Waals surface area contributed by atoms with E-state index in [9.17, 15) is 4.79 Å². The molecule has 7 nitrogen and oxygen atoms in total. The van der Waals surface area contributed by atoms with E-state index in [2.05, 4.69) is 40.2 Å². The summed E-state index contributed by atoms with van der Waals surface area (Å²) in [6.45, 7) is 9.18. The molecular weight excluding hydrogens is 380 g/mol. The standard InChI is InChI=1S/C23H26N4O3/c1-14-6-4-5-7-19(14)22-20-12-26(11-18-8-15(2)30-25-18)9-17(20)10-27(22)23(28)21-13-29-16(3)24-21/h4-8,13,17,20,22H,9-12H2,1-3H3/t17-,20-,22+/m0/s1. The Kier molecular flexibility index (Phi) is 4.70. The molecule has 4 heterocycles. The fraction of sp³-hybridized carbons (Fsp3) is 0.435. The molecule has 0 spiro atoms. The molecule has 3 atom stereocenters. The van der Waals surface area contributed by atoms with E-state index in [1.54, 1.807) is 6.92 Å². The molecule has 2 aliphatic heterocycles. The lowest BCUT2D eigenvalue weighted by molar-refractivity contribution is 0.0693. The molecule has 0 saturated carbocycles. The predicted molar refractivity (Wildman–Crippen MR) is 110 cm³/mol. The number of fused-ring (bicyclic) bond motifs is 1. The highest BCUT2D eigenvalue weighted by Crippen LogP contribution is 2.46. The predicted octanol–water partition coefficient (Wildman–Crippen LogP) is 3.53. The monoisotopic (exact) mass is 406 g/mol. The summed E-state index contributed by atoms with van der Waals surface area (Å²) in [7, 11) is 0. The fourth-order valence-corrected chi connectivity index (χ4v) is 5.12. The minimum Gasteiger partial charge on any atom is -0.448 e. The van der Waals surface area contributed by atoms with Gasteiger partial charge in [0.15, 0.2) is 11.6 Å². The first-order valence-electron chi connectivity index (χ1n) is 10.4. The molecule has 1 aromatic carbocycles. The van der Waals surface area contributed by atoms with Gasteiger partial charge in [-0.25, -0.2) is 4.98 Å². The van der Waals surface area contributed by atoms with Gasteiger partial charge in [-0.3, -0.25) is 9.69 Å². The number of carbonyl (C=O) groups excluding carboxylic acids is 1. The van der Waals surface area contributed by atoms with Gasteiger partial charge < -0.3 is 13.8 Å². The smallest absolute Gasteiger partial charge is 0.276 e. The van der Waals surface area contributed by atoms with Gasteiger partial charge in [-0.15, -0.1) is 0 Å². The van der Waals surface area contributed by atoms with Gasteiger partial charge in [-0.1, -0.05) is 29.4 Å². The maximum atomic E-state index is 13.3. The van der Waals surface area contributed by atoms with Crippen molar-refractivity contribution >= 4 is 5.91 Å². The summed E-state index contributed by atoms with van der Waals surface area (Å²) < 4.78 is 10.5. The van der Waals surface area contributed by atoms with Crippen LogP contribution in [0.4, 0.5) is 0 Å². The van der Waals surface area contributed by atoms with Crippen LogP contribution in [0.5, 0.6) is 0 Å². The number of aryl methyl sites for hydroxylation is 3. The van der Waals surface area contributed by atoms with Crippen molar-refractivity contribution in [1.29, 1.82) is 0 Å². The van der Waals surface area contributed by atoms with Crippen molar-refractivity contribution in [3.05, 3.63) is 70.8 Å². The van der Waals surface area contributed by atoms with E-state index in [0.29, 0.717) is 23.4 Å².